The number of aliphatic hydroxyl groups excluding tert-OH is 2. The van der Waals surface area contributed by atoms with Crippen molar-refractivity contribution in [3.63, 3.8) is 0 Å². The Kier molecular flexibility index (Phi) is 7.97. The first-order chi connectivity index (χ1) is 16.1. The molecule has 0 saturated heterocycles. The van der Waals surface area contributed by atoms with E-state index in [9.17, 15) is 68.2 Å². The van der Waals surface area contributed by atoms with Crippen LogP contribution in [0.15, 0.2) is 36.4 Å². The molecule has 0 spiro atoms. The predicted octanol–water partition coefficient (Wildman–Crippen LogP) is 7.06. The molecule has 0 radical (unpaired) electrons. The van der Waals surface area contributed by atoms with Gasteiger partial charge in [0.1, 0.15) is 0 Å². The van der Waals surface area contributed by atoms with Crippen LogP contribution in [0.4, 0.5) is 52.7 Å². The first-order valence-corrected chi connectivity index (χ1v) is 9.49. The SMILES string of the molecule is N#CC(CC(O)c1cc(C(F)(F)F)cc(C(F)(F)F)c1)C(O)c1cc(C(F)(F)F)cc(C(F)(F)F)c1. The zero-order valence-electron chi connectivity index (χ0n) is 17.3. The van der Waals surface area contributed by atoms with E-state index in [1.807, 2.05) is 0 Å². The summed E-state index contributed by atoms with van der Waals surface area (Å²) in [5.74, 6) is -2.03. The zero-order valence-corrected chi connectivity index (χ0v) is 17.3. The smallest absolute Gasteiger partial charge is 0.388 e. The summed E-state index contributed by atoms with van der Waals surface area (Å²) >= 11 is 0. The van der Waals surface area contributed by atoms with E-state index in [0.717, 1.165) is 0 Å². The van der Waals surface area contributed by atoms with Crippen molar-refractivity contribution in [2.45, 2.75) is 43.3 Å². The largest absolute Gasteiger partial charge is 0.416 e. The normalized spacial score (nSPS) is 15.8. The summed E-state index contributed by atoms with van der Waals surface area (Å²) < 4.78 is 156. The van der Waals surface area contributed by atoms with Gasteiger partial charge in [-0.1, -0.05) is 0 Å². The van der Waals surface area contributed by atoms with Crippen LogP contribution < -0.4 is 0 Å². The summed E-state index contributed by atoms with van der Waals surface area (Å²) in [6.45, 7) is 0. The fourth-order valence-electron chi connectivity index (χ4n) is 3.18. The summed E-state index contributed by atoms with van der Waals surface area (Å²) in [4.78, 5) is 0. The summed E-state index contributed by atoms with van der Waals surface area (Å²) in [6, 6.07) is 1.26. The topological polar surface area (TPSA) is 64.2 Å². The minimum atomic E-state index is -5.30. The van der Waals surface area contributed by atoms with Gasteiger partial charge in [-0.3, -0.25) is 0 Å². The number of aliphatic hydroxyl groups is 2. The van der Waals surface area contributed by atoms with Gasteiger partial charge in [-0.25, -0.2) is 0 Å². The van der Waals surface area contributed by atoms with Crippen LogP contribution in [0, 0.1) is 17.2 Å². The van der Waals surface area contributed by atoms with Crippen molar-refractivity contribution in [1.29, 1.82) is 5.26 Å². The molecule has 0 amide bonds. The number of rotatable bonds is 5. The first kappa shape index (κ1) is 29.2. The van der Waals surface area contributed by atoms with Crippen molar-refractivity contribution in [1.82, 2.24) is 0 Å². The molecule has 36 heavy (non-hydrogen) atoms. The monoisotopic (exact) mass is 539 g/mol. The molecular weight excluding hydrogens is 526 g/mol. The average molecular weight is 539 g/mol. The van der Waals surface area contributed by atoms with E-state index in [1.54, 1.807) is 0 Å². The van der Waals surface area contributed by atoms with Gasteiger partial charge >= 0.3 is 24.7 Å². The Morgan fingerprint density at radius 3 is 1.17 bits per heavy atom. The van der Waals surface area contributed by atoms with Crippen LogP contribution in [0.25, 0.3) is 0 Å². The van der Waals surface area contributed by atoms with Crippen LogP contribution in [0.2, 0.25) is 0 Å². The highest BCUT2D eigenvalue weighted by Crippen LogP contribution is 2.41. The highest BCUT2D eigenvalue weighted by atomic mass is 19.4. The fourth-order valence-corrected chi connectivity index (χ4v) is 3.18. The van der Waals surface area contributed by atoms with Crippen LogP contribution in [-0.2, 0) is 24.7 Å². The minimum Gasteiger partial charge on any atom is -0.388 e. The second kappa shape index (κ2) is 9.81. The van der Waals surface area contributed by atoms with Gasteiger partial charge in [0.2, 0.25) is 0 Å². The Morgan fingerprint density at radius 1 is 0.583 bits per heavy atom. The molecule has 0 aliphatic carbocycles. The number of halogens is 12. The van der Waals surface area contributed by atoms with Crippen LogP contribution in [-0.4, -0.2) is 10.2 Å². The van der Waals surface area contributed by atoms with Gasteiger partial charge in [-0.2, -0.15) is 57.9 Å². The molecule has 0 aliphatic heterocycles. The lowest BCUT2D eigenvalue weighted by molar-refractivity contribution is -0.145. The van der Waals surface area contributed by atoms with Crippen molar-refractivity contribution in [2.75, 3.05) is 0 Å². The van der Waals surface area contributed by atoms with Gasteiger partial charge in [0.05, 0.1) is 46.4 Å². The average Bonchev–Trinajstić information content (AvgIpc) is 2.73. The van der Waals surface area contributed by atoms with E-state index in [0.29, 0.717) is 0 Å². The van der Waals surface area contributed by atoms with E-state index < -0.39 is 82.6 Å². The zero-order chi connectivity index (χ0) is 27.9. The molecule has 3 unspecified atom stereocenters. The standard InChI is InChI=1S/C21H13F12NO2/c22-18(23,24)12-1-9(2-13(6-12)19(25,26)27)16(35)5-11(8-34)17(36)10-3-14(20(28,29)30)7-15(4-10)21(31,32)33/h1-4,6-7,11,16-17,35-36H,5H2. The van der Waals surface area contributed by atoms with Gasteiger partial charge in [0, 0.05) is 0 Å². The summed E-state index contributed by atoms with van der Waals surface area (Å²) in [5, 5.41) is 29.8. The van der Waals surface area contributed by atoms with Gasteiger partial charge in [0.25, 0.3) is 0 Å². The van der Waals surface area contributed by atoms with E-state index in [-0.39, 0.29) is 36.4 Å². The Morgan fingerprint density at radius 2 is 0.889 bits per heavy atom. The molecule has 0 aliphatic rings. The maximum Gasteiger partial charge on any atom is 0.416 e. The van der Waals surface area contributed by atoms with E-state index >= 15 is 0 Å². The molecular formula is C21H13F12NO2. The molecule has 0 fully saturated rings. The van der Waals surface area contributed by atoms with Gasteiger partial charge in [-0.15, -0.1) is 0 Å². The predicted molar refractivity (Wildman–Crippen MR) is 96.5 cm³/mol. The van der Waals surface area contributed by atoms with Crippen LogP contribution >= 0.6 is 0 Å². The van der Waals surface area contributed by atoms with Crippen molar-refractivity contribution < 1.29 is 62.9 Å². The summed E-state index contributed by atoms with van der Waals surface area (Å²) in [7, 11) is 0. The summed E-state index contributed by atoms with van der Waals surface area (Å²) in [5.41, 5.74) is -9.35. The molecule has 0 saturated carbocycles. The molecule has 3 atom stereocenters. The molecule has 15 heteroatoms. The van der Waals surface area contributed by atoms with Crippen LogP contribution in [0.3, 0.4) is 0 Å². The number of nitrogens with zero attached hydrogens (tertiary/aromatic N) is 1. The molecule has 0 bridgehead atoms. The number of benzene rings is 2. The van der Waals surface area contributed by atoms with Crippen molar-refractivity contribution in [3.05, 3.63) is 69.8 Å². The lowest BCUT2D eigenvalue weighted by Gasteiger charge is -2.23. The minimum absolute atomic E-state index is 0.0999. The highest BCUT2D eigenvalue weighted by molar-refractivity contribution is 5.37. The molecule has 2 rings (SSSR count). The van der Waals surface area contributed by atoms with E-state index in [4.69, 9.17) is 0 Å². The lowest BCUT2D eigenvalue weighted by Crippen LogP contribution is -2.18. The molecule has 0 heterocycles. The van der Waals surface area contributed by atoms with Gasteiger partial charge in [0.15, 0.2) is 0 Å². The first-order valence-electron chi connectivity index (χ1n) is 9.49. The Bertz CT molecular complexity index is 1060. The van der Waals surface area contributed by atoms with Gasteiger partial charge in [-0.05, 0) is 53.9 Å². The number of nitriles is 1. The van der Waals surface area contributed by atoms with E-state index in [2.05, 4.69) is 0 Å². The molecule has 198 valence electrons. The molecule has 2 aromatic carbocycles. The Hall–Kier alpha value is -2.99. The number of hydrogen-bond acceptors (Lipinski definition) is 3. The maximum absolute atomic E-state index is 13.0. The highest BCUT2D eigenvalue weighted by Gasteiger charge is 2.40. The number of alkyl halides is 12. The lowest BCUT2D eigenvalue weighted by atomic mass is 9.87. The third-order valence-corrected chi connectivity index (χ3v) is 4.97. The molecule has 2 aromatic rings. The Labute approximate surface area is 194 Å². The van der Waals surface area contributed by atoms with Gasteiger partial charge < -0.3 is 10.2 Å². The number of hydrogen-bond donors (Lipinski definition) is 2. The van der Waals surface area contributed by atoms with Crippen LogP contribution in [0.5, 0.6) is 0 Å². The van der Waals surface area contributed by atoms with Crippen molar-refractivity contribution in [3.8, 4) is 6.07 Å². The fraction of sp³-hybridized carbons (Fsp3) is 0.381. The quantitative estimate of drug-likeness (QED) is 0.400. The van der Waals surface area contributed by atoms with Crippen molar-refractivity contribution >= 4 is 0 Å². The summed E-state index contributed by atoms with van der Waals surface area (Å²) in [6.07, 6.45) is -27.0. The second-order valence-corrected chi connectivity index (χ2v) is 7.61. The molecule has 0 aromatic heterocycles. The van der Waals surface area contributed by atoms with E-state index in [1.165, 1.54) is 6.07 Å². The third-order valence-electron chi connectivity index (χ3n) is 4.97. The van der Waals surface area contributed by atoms with Crippen molar-refractivity contribution in [2.24, 2.45) is 5.92 Å². The Balaban J connectivity index is 2.48. The maximum atomic E-state index is 13.0. The third kappa shape index (κ3) is 7.03. The molecule has 2 N–H and O–H groups in total. The second-order valence-electron chi connectivity index (χ2n) is 7.61. The molecule has 3 nitrogen and oxygen atoms in total. The van der Waals surface area contributed by atoms with Crippen LogP contribution in [0.1, 0.15) is 52.0 Å².